The Hall–Kier alpha value is -2.63. The van der Waals surface area contributed by atoms with Crippen LogP contribution in [0.5, 0.6) is 0 Å². The van der Waals surface area contributed by atoms with Crippen molar-refractivity contribution in [2.45, 2.75) is 32.6 Å². The summed E-state index contributed by atoms with van der Waals surface area (Å²) in [6, 6.07) is 5.66. The van der Waals surface area contributed by atoms with Crippen LogP contribution < -0.4 is 10.2 Å². The van der Waals surface area contributed by atoms with E-state index in [9.17, 15) is 14.4 Å². The van der Waals surface area contributed by atoms with E-state index in [1.165, 1.54) is 6.08 Å². The Morgan fingerprint density at radius 3 is 2.54 bits per heavy atom. The Morgan fingerprint density at radius 1 is 1.23 bits per heavy atom. The van der Waals surface area contributed by atoms with Gasteiger partial charge in [-0.15, -0.1) is 0 Å². The summed E-state index contributed by atoms with van der Waals surface area (Å²) in [6.07, 6.45) is 4.13. The van der Waals surface area contributed by atoms with Gasteiger partial charge in [0.05, 0.1) is 0 Å². The minimum absolute atomic E-state index is 0.0138. The van der Waals surface area contributed by atoms with Gasteiger partial charge >= 0.3 is 0 Å². The van der Waals surface area contributed by atoms with Crippen LogP contribution >= 0.6 is 0 Å². The second kappa shape index (κ2) is 7.72. The standard InChI is InChI=1S/C20H25N3O3/c1-3-18(24)22-11-8-15(9-12-22)20(26)21-16-6-7-17(14(2)13-16)23-10-4-5-19(23)25/h3,6-7,13,15H,1,4-5,8-12H2,2H3,(H,21,26). The number of hydrogen-bond donors (Lipinski definition) is 1. The average molecular weight is 355 g/mol. The summed E-state index contributed by atoms with van der Waals surface area (Å²) in [5.74, 6) is -0.0265. The zero-order chi connectivity index (χ0) is 18.7. The van der Waals surface area contributed by atoms with Crippen LogP contribution in [-0.2, 0) is 14.4 Å². The van der Waals surface area contributed by atoms with E-state index in [2.05, 4.69) is 11.9 Å². The fraction of sp³-hybridized carbons (Fsp3) is 0.450. The van der Waals surface area contributed by atoms with Crippen LogP contribution in [0.4, 0.5) is 11.4 Å². The molecule has 26 heavy (non-hydrogen) atoms. The van der Waals surface area contributed by atoms with Gasteiger partial charge in [-0.1, -0.05) is 6.58 Å². The highest BCUT2D eigenvalue weighted by Gasteiger charge is 2.27. The number of benzene rings is 1. The maximum atomic E-state index is 12.5. The third-order valence-corrected chi connectivity index (χ3v) is 5.18. The molecule has 0 aromatic heterocycles. The summed E-state index contributed by atoms with van der Waals surface area (Å²) in [5.41, 5.74) is 2.64. The molecule has 0 atom stereocenters. The van der Waals surface area contributed by atoms with E-state index in [1.807, 2.05) is 30.0 Å². The number of piperidine rings is 1. The van der Waals surface area contributed by atoms with Gasteiger partial charge < -0.3 is 15.1 Å². The molecule has 0 radical (unpaired) electrons. The number of rotatable bonds is 4. The van der Waals surface area contributed by atoms with E-state index in [0.717, 1.165) is 29.9 Å². The maximum absolute atomic E-state index is 12.5. The molecule has 2 aliphatic rings. The lowest BCUT2D eigenvalue weighted by molar-refractivity contribution is -0.130. The molecule has 6 heteroatoms. The lowest BCUT2D eigenvalue weighted by atomic mass is 9.95. The van der Waals surface area contributed by atoms with Gasteiger partial charge in [0.2, 0.25) is 17.7 Å². The quantitative estimate of drug-likeness (QED) is 0.844. The van der Waals surface area contributed by atoms with Crippen LogP contribution in [0, 0.1) is 12.8 Å². The minimum atomic E-state index is -0.0935. The number of anilines is 2. The van der Waals surface area contributed by atoms with Crippen molar-refractivity contribution < 1.29 is 14.4 Å². The van der Waals surface area contributed by atoms with Gasteiger partial charge in [-0.3, -0.25) is 14.4 Å². The number of aryl methyl sites for hydroxylation is 1. The van der Waals surface area contributed by atoms with Crippen LogP contribution in [0.25, 0.3) is 0 Å². The molecule has 1 aromatic rings. The number of carbonyl (C=O) groups excluding carboxylic acids is 3. The highest BCUT2D eigenvalue weighted by Crippen LogP contribution is 2.28. The fourth-order valence-corrected chi connectivity index (χ4v) is 3.67. The number of amides is 3. The molecule has 0 aliphatic carbocycles. The Labute approximate surface area is 153 Å². The predicted octanol–water partition coefficient (Wildman–Crippen LogP) is 2.48. The maximum Gasteiger partial charge on any atom is 0.245 e. The van der Waals surface area contributed by atoms with Gasteiger partial charge in [-0.25, -0.2) is 0 Å². The second-order valence-electron chi connectivity index (χ2n) is 6.94. The van der Waals surface area contributed by atoms with E-state index >= 15 is 0 Å². The van der Waals surface area contributed by atoms with E-state index in [-0.39, 0.29) is 23.6 Å². The van der Waals surface area contributed by atoms with Crippen LogP contribution in [-0.4, -0.2) is 42.3 Å². The summed E-state index contributed by atoms with van der Waals surface area (Å²) in [4.78, 5) is 39.6. The Kier molecular flexibility index (Phi) is 5.40. The van der Waals surface area contributed by atoms with Gasteiger partial charge in [-0.05, 0) is 56.0 Å². The lowest BCUT2D eigenvalue weighted by Gasteiger charge is -2.30. The summed E-state index contributed by atoms with van der Waals surface area (Å²) >= 11 is 0. The summed E-state index contributed by atoms with van der Waals surface area (Å²) in [7, 11) is 0. The van der Waals surface area contributed by atoms with E-state index in [0.29, 0.717) is 32.4 Å². The molecule has 3 amide bonds. The van der Waals surface area contributed by atoms with Gasteiger partial charge in [0.25, 0.3) is 0 Å². The molecule has 2 aliphatic heterocycles. The van der Waals surface area contributed by atoms with Gasteiger partial charge in [0.15, 0.2) is 0 Å². The SMILES string of the molecule is C=CC(=O)N1CCC(C(=O)Nc2ccc(N3CCCC3=O)c(C)c2)CC1. The first-order valence-corrected chi connectivity index (χ1v) is 9.13. The minimum Gasteiger partial charge on any atom is -0.339 e. The molecule has 0 spiro atoms. The van der Waals surface area contributed by atoms with Crippen LogP contribution in [0.3, 0.4) is 0 Å². The van der Waals surface area contributed by atoms with E-state index in [4.69, 9.17) is 0 Å². The number of carbonyl (C=O) groups is 3. The Balaban J connectivity index is 1.60. The zero-order valence-electron chi connectivity index (χ0n) is 15.2. The zero-order valence-corrected chi connectivity index (χ0v) is 15.2. The van der Waals surface area contributed by atoms with Crippen LogP contribution in [0.2, 0.25) is 0 Å². The number of likely N-dealkylation sites (tertiary alicyclic amines) is 1. The van der Waals surface area contributed by atoms with Crippen molar-refractivity contribution in [1.29, 1.82) is 0 Å². The topological polar surface area (TPSA) is 69.7 Å². The molecule has 138 valence electrons. The molecule has 2 saturated heterocycles. The molecule has 6 nitrogen and oxygen atoms in total. The Morgan fingerprint density at radius 2 is 1.96 bits per heavy atom. The van der Waals surface area contributed by atoms with Crippen molar-refractivity contribution in [2.24, 2.45) is 5.92 Å². The second-order valence-corrected chi connectivity index (χ2v) is 6.94. The molecule has 0 saturated carbocycles. The molecule has 3 rings (SSSR count). The molecule has 1 N–H and O–H groups in total. The Bertz CT molecular complexity index is 736. The molecule has 0 unspecified atom stereocenters. The van der Waals surface area contributed by atoms with Gasteiger partial charge in [0.1, 0.15) is 0 Å². The van der Waals surface area contributed by atoms with Crippen molar-refractivity contribution in [3.8, 4) is 0 Å². The molecule has 1 aromatic carbocycles. The van der Waals surface area contributed by atoms with Crippen molar-refractivity contribution in [3.63, 3.8) is 0 Å². The number of nitrogens with one attached hydrogen (secondary N) is 1. The molecule has 2 fully saturated rings. The van der Waals surface area contributed by atoms with Crippen LogP contribution in [0.1, 0.15) is 31.2 Å². The summed E-state index contributed by atoms with van der Waals surface area (Å²) in [6.45, 7) is 7.37. The highest BCUT2D eigenvalue weighted by atomic mass is 16.2. The molecular weight excluding hydrogens is 330 g/mol. The average Bonchev–Trinajstić information content (AvgIpc) is 3.07. The fourth-order valence-electron chi connectivity index (χ4n) is 3.67. The summed E-state index contributed by atoms with van der Waals surface area (Å²) < 4.78 is 0. The summed E-state index contributed by atoms with van der Waals surface area (Å²) in [5, 5.41) is 2.97. The van der Waals surface area contributed by atoms with E-state index < -0.39 is 0 Å². The molecule has 2 heterocycles. The largest absolute Gasteiger partial charge is 0.339 e. The first-order valence-electron chi connectivity index (χ1n) is 9.13. The van der Waals surface area contributed by atoms with Crippen molar-refractivity contribution in [2.75, 3.05) is 29.9 Å². The van der Waals surface area contributed by atoms with Gasteiger partial charge in [0, 0.05) is 43.3 Å². The number of nitrogens with zero attached hydrogens (tertiary/aromatic N) is 2. The van der Waals surface area contributed by atoms with Crippen molar-refractivity contribution >= 4 is 29.1 Å². The number of hydrogen-bond acceptors (Lipinski definition) is 3. The predicted molar refractivity (Wildman–Crippen MR) is 101 cm³/mol. The van der Waals surface area contributed by atoms with Crippen molar-refractivity contribution in [3.05, 3.63) is 36.4 Å². The third-order valence-electron chi connectivity index (χ3n) is 5.18. The lowest BCUT2D eigenvalue weighted by Crippen LogP contribution is -2.40. The molecular formula is C20H25N3O3. The highest BCUT2D eigenvalue weighted by molar-refractivity contribution is 5.97. The van der Waals surface area contributed by atoms with Crippen molar-refractivity contribution in [1.82, 2.24) is 4.90 Å². The third kappa shape index (κ3) is 3.79. The first kappa shape index (κ1) is 18.2. The first-order chi connectivity index (χ1) is 12.5. The van der Waals surface area contributed by atoms with Gasteiger partial charge in [-0.2, -0.15) is 0 Å². The normalized spacial score (nSPS) is 18.1. The molecule has 0 bridgehead atoms. The van der Waals surface area contributed by atoms with E-state index in [1.54, 1.807) is 4.90 Å². The monoisotopic (exact) mass is 355 g/mol. The smallest absolute Gasteiger partial charge is 0.245 e. The van der Waals surface area contributed by atoms with Crippen LogP contribution in [0.15, 0.2) is 30.9 Å².